The van der Waals surface area contributed by atoms with Gasteiger partial charge in [0.25, 0.3) is 0 Å². The average Bonchev–Trinajstić information content (AvgIpc) is 2.25. The summed E-state index contributed by atoms with van der Waals surface area (Å²) in [6, 6.07) is 10.1. The molecule has 14 heavy (non-hydrogen) atoms. The molecule has 3 heteroatoms. The van der Waals surface area contributed by atoms with E-state index < -0.39 is 0 Å². The summed E-state index contributed by atoms with van der Waals surface area (Å²) in [5.74, 6) is 0.852. The average molecular weight is 207 g/mol. The fourth-order valence-corrected chi connectivity index (χ4v) is 1.40. The van der Waals surface area contributed by atoms with Gasteiger partial charge >= 0.3 is 0 Å². The summed E-state index contributed by atoms with van der Waals surface area (Å²) >= 11 is 1.28. The van der Waals surface area contributed by atoms with Crippen LogP contribution in [0, 0.1) is 10.7 Å². The third kappa shape index (κ3) is 4.90. The maximum Gasteiger partial charge on any atom is 0.133 e. The molecule has 0 bridgehead atoms. The lowest BCUT2D eigenvalue weighted by Gasteiger charge is -2.02. The summed E-state index contributed by atoms with van der Waals surface area (Å²) in [5, 5.41) is 10.3. The van der Waals surface area contributed by atoms with Gasteiger partial charge in [-0.25, -0.2) is 0 Å². The van der Waals surface area contributed by atoms with Crippen molar-refractivity contribution >= 4 is 11.8 Å². The van der Waals surface area contributed by atoms with E-state index in [1.165, 1.54) is 17.3 Å². The Hall–Kier alpha value is -0.980. The summed E-state index contributed by atoms with van der Waals surface area (Å²) in [7, 11) is 0. The molecular weight excluding hydrogens is 194 g/mol. The Kier molecular flexibility index (Phi) is 5.89. The molecule has 0 spiro atoms. The minimum Gasteiger partial charge on any atom is -0.377 e. The number of nitriles is 1. The quantitative estimate of drug-likeness (QED) is 0.531. The van der Waals surface area contributed by atoms with Crippen LogP contribution in [0.25, 0.3) is 0 Å². The lowest BCUT2D eigenvalue weighted by atomic mass is 10.2. The number of thioether (sulfide) groups is 1. The van der Waals surface area contributed by atoms with Gasteiger partial charge in [-0.1, -0.05) is 30.3 Å². The van der Waals surface area contributed by atoms with E-state index in [0.29, 0.717) is 6.61 Å². The van der Waals surface area contributed by atoms with E-state index in [0.717, 1.165) is 18.8 Å². The first kappa shape index (κ1) is 11.1. The second-order valence-corrected chi connectivity index (χ2v) is 3.71. The highest BCUT2D eigenvalue weighted by molar-refractivity contribution is 8.03. The minimum atomic E-state index is 0.665. The normalized spacial score (nSPS) is 9.64. The summed E-state index contributed by atoms with van der Waals surface area (Å²) in [5.41, 5.74) is 1.19. The number of thiocyanates is 1. The van der Waals surface area contributed by atoms with Crippen molar-refractivity contribution in [2.24, 2.45) is 0 Å². The highest BCUT2D eigenvalue weighted by Crippen LogP contribution is 2.02. The Bertz CT molecular complexity index is 281. The zero-order chi connectivity index (χ0) is 10.1. The molecule has 0 aromatic heterocycles. The summed E-state index contributed by atoms with van der Waals surface area (Å²) in [4.78, 5) is 0. The molecule has 0 fully saturated rings. The van der Waals surface area contributed by atoms with Crippen LogP contribution in [0.3, 0.4) is 0 Å². The van der Waals surface area contributed by atoms with E-state index in [1.807, 2.05) is 35.7 Å². The van der Waals surface area contributed by atoms with Gasteiger partial charge in [-0.15, -0.1) is 0 Å². The highest BCUT2D eigenvalue weighted by Gasteiger charge is 1.92. The van der Waals surface area contributed by atoms with Crippen molar-refractivity contribution in [2.45, 2.75) is 13.0 Å². The lowest BCUT2D eigenvalue weighted by Crippen LogP contribution is -1.96. The van der Waals surface area contributed by atoms with Crippen LogP contribution < -0.4 is 0 Å². The summed E-state index contributed by atoms with van der Waals surface area (Å²) in [6.45, 7) is 1.39. The maximum absolute atomic E-state index is 8.27. The van der Waals surface area contributed by atoms with E-state index in [1.54, 1.807) is 0 Å². The molecule has 1 rings (SSSR count). The van der Waals surface area contributed by atoms with Crippen molar-refractivity contribution in [3.05, 3.63) is 35.9 Å². The fourth-order valence-electron chi connectivity index (χ4n) is 1.04. The Balaban J connectivity index is 2.03. The molecule has 0 radical (unpaired) electrons. The second-order valence-electron chi connectivity index (χ2n) is 2.83. The number of ether oxygens (including phenoxy) is 1. The van der Waals surface area contributed by atoms with E-state index in [9.17, 15) is 0 Å². The number of nitrogens with zero attached hydrogens (tertiary/aromatic N) is 1. The smallest absolute Gasteiger partial charge is 0.133 e. The van der Waals surface area contributed by atoms with Crippen LogP contribution in [0.5, 0.6) is 0 Å². The molecule has 74 valence electrons. The van der Waals surface area contributed by atoms with Crippen molar-refractivity contribution in [2.75, 3.05) is 12.4 Å². The van der Waals surface area contributed by atoms with Gasteiger partial charge in [0.05, 0.1) is 6.61 Å². The molecular formula is C11H13NOS. The third-order valence-electron chi connectivity index (χ3n) is 1.71. The molecule has 0 saturated heterocycles. The standard InChI is InChI=1S/C11H13NOS/c12-10-14-8-4-7-13-9-11-5-2-1-3-6-11/h1-3,5-6H,4,7-9H2. The largest absolute Gasteiger partial charge is 0.377 e. The predicted octanol–water partition coefficient (Wildman–Crippen LogP) is 2.81. The lowest BCUT2D eigenvalue weighted by molar-refractivity contribution is 0.122. The molecule has 1 aromatic rings. The molecule has 0 atom stereocenters. The molecule has 0 heterocycles. The molecule has 0 amide bonds. The molecule has 0 aliphatic rings. The van der Waals surface area contributed by atoms with Gasteiger partial charge in [0.2, 0.25) is 0 Å². The van der Waals surface area contributed by atoms with Gasteiger partial charge in [-0.05, 0) is 23.7 Å². The van der Waals surface area contributed by atoms with Gasteiger partial charge in [-0.3, -0.25) is 0 Å². The van der Waals surface area contributed by atoms with Crippen molar-refractivity contribution < 1.29 is 4.74 Å². The zero-order valence-corrected chi connectivity index (χ0v) is 8.80. The first-order valence-electron chi connectivity index (χ1n) is 4.56. The Morgan fingerprint density at radius 2 is 2.07 bits per heavy atom. The third-order valence-corrected chi connectivity index (χ3v) is 2.33. The van der Waals surface area contributed by atoms with Gasteiger partial charge in [0.15, 0.2) is 0 Å². The van der Waals surface area contributed by atoms with Crippen LogP contribution in [0.2, 0.25) is 0 Å². The Morgan fingerprint density at radius 1 is 1.29 bits per heavy atom. The van der Waals surface area contributed by atoms with E-state index >= 15 is 0 Å². The maximum atomic E-state index is 8.27. The first-order valence-corrected chi connectivity index (χ1v) is 5.54. The van der Waals surface area contributed by atoms with Crippen molar-refractivity contribution in [1.82, 2.24) is 0 Å². The summed E-state index contributed by atoms with van der Waals surface area (Å²) in [6.07, 6.45) is 0.936. The van der Waals surface area contributed by atoms with Gasteiger partial charge in [0, 0.05) is 12.4 Å². The zero-order valence-electron chi connectivity index (χ0n) is 7.98. The van der Waals surface area contributed by atoms with E-state index in [2.05, 4.69) is 0 Å². The van der Waals surface area contributed by atoms with Crippen LogP contribution in [0.4, 0.5) is 0 Å². The number of hydrogen-bond donors (Lipinski definition) is 0. The number of rotatable bonds is 6. The molecule has 0 N–H and O–H groups in total. The van der Waals surface area contributed by atoms with Crippen LogP contribution in [0.15, 0.2) is 30.3 Å². The van der Waals surface area contributed by atoms with Gasteiger partial charge in [0.1, 0.15) is 5.40 Å². The van der Waals surface area contributed by atoms with Crippen molar-refractivity contribution in [3.8, 4) is 5.40 Å². The van der Waals surface area contributed by atoms with Crippen LogP contribution in [-0.2, 0) is 11.3 Å². The first-order chi connectivity index (χ1) is 6.93. The van der Waals surface area contributed by atoms with Crippen molar-refractivity contribution in [3.63, 3.8) is 0 Å². The predicted molar refractivity (Wildman–Crippen MR) is 58.8 cm³/mol. The molecule has 0 aliphatic heterocycles. The van der Waals surface area contributed by atoms with Crippen LogP contribution in [0.1, 0.15) is 12.0 Å². The monoisotopic (exact) mass is 207 g/mol. The second kappa shape index (κ2) is 7.43. The Labute approximate surface area is 88.9 Å². The molecule has 2 nitrogen and oxygen atoms in total. The molecule has 0 saturated carbocycles. The highest BCUT2D eigenvalue weighted by atomic mass is 32.2. The summed E-state index contributed by atoms with van der Waals surface area (Å²) < 4.78 is 5.44. The van der Waals surface area contributed by atoms with E-state index in [-0.39, 0.29) is 0 Å². The van der Waals surface area contributed by atoms with Crippen LogP contribution in [-0.4, -0.2) is 12.4 Å². The number of benzene rings is 1. The van der Waals surface area contributed by atoms with Gasteiger partial charge in [-0.2, -0.15) is 5.26 Å². The van der Waals surface area contributed by atoms with Crippen LogP contribution >= 0.6 is 11.8 Å². The molecule has 0 unspecified atom stereocenters. The fraction of sp³-hybridized carbons (Fsp3) is 0.364. The topological polar surface area (TPSA) is 33.0 Å². The SMILES string of the molecule is N#CSCCCOCc1ccccc1. The Morgan fingerprint density at radius 3 is 2.79 bits per heavy atom. The number of hydrogen-bond acceptors (Lipinski definition) is 3. The molecule has 0 aliphatic carbocycles. The van der Waals surface area contributed by atoms with Crippen molar-refractivity contribution in [1.29, 1.82) is 5.26 Å². The minimum absolute atomic E-state index is 0.665. The van der Waals surface area contributed by atoms with E-state index in [4.69, 9.17) is 10.00 Å². The molecule has 1 aromatic carbocycles. The van der Waals surface area contributed by atoms with Gasteiger partial charge < -0.3 is 4.74 Å².